The predicted octanol–water partition coefficient (Wildman–Crippen LogP) is 1.81. The van der Waals surface area contributed by atoms with Crippen LogP contribution in [0.3, 0.4) is 0 Å². The molecule has 0 aliphatic rings. The molecule has 0 aromatic heterocycles. The van der Waals surface area contributed by atoms with Gasteiger partial charge < -0.3 is 15.4 Å². The van der Waals surface area contributed by atoms with Gasteiger partial charge in [-0.05, 0) is 44.4 Å². The van der Waals surface area contributed by atoms with Gasteiger partial charge in [-0.25, -0.2) is 17.7 Å². The van der Waals surface area contributed by atoms with E-state index in [1.807, 2.05) is 13.8 Å². The van der Waals surface area contributed by atoms with Gasteiger partial charge in [-0.3, -0.25) is 0 Å². The first kappa shape index (κ1) is 22.4. The van der Waals surface area contributed by atoms with Gasteiger partial charge in [0.25, 0.3) is 0 Å². The number of sulfonamides is 1. The lowest BCUT2D eigenvalue weighted by Crippen LogP contribution is -2.37. The standard InChI is InChI=1S/C18H32N4O3S/c1-5-19-18(20-13-7-8-14-25-6-2)21-15-16-9-11-17(12-10-16)26(23,24)22(3)4/h9-12H,5-8,13-15H2,1-4H3,(H2,19,20,21). The number of benzene rings is 1. The Morgan fingerprint density at radius 3 is 2.38 bits per heavy atom. The second-order valence-electron chi connectivity index (χ2n) is 5.96. The van der Waals surface area contributed by atoms with Crippen LogP contribution in [-0.4, -0.2) is 59.1 Å². The normalized spacial score (nSPS) is 12.4. The van der Waals surface area contributed by atoms with Crippen molar-refractivity contribution in [3.63, 3.8) is 0 Å². The molecule has 0 heterocycles. The van der Waals surface area contributed by atoms with Crippen LogP contribution >= 0.6 is 0 Å². The van der Waals surface area contributed by atoms with Gasteiger partial charge in [0.15, 0.2) is 5.96 Å². The maximum Gasteiger partial charge on any atom is 0.242 e. The molecule has 0 saturated heterocycles. The number of ether oxygens (including phenoxy) is 1. The SMILES string of the molecule is CCNC(=NCc1ccc(S(=O)(=O)N(C)C)cc1)NCCCCOCC. The maximum atomic E-state index is 12.1. The summed E-state index contributed by atoms with van der Waals surface area (Å²) in [5.41, 5.74) is 0.955. The lowest BCUT2D eigenvalue weighted by molar-refractivity contribution is 0.143. The Morgan fingerprint density at radius 2 is 1.81 bits per heavy atom. The van der Waals surface area contributed by atoms with E-state index in [4.69, 9.17) is 4.74 Å². The van der Waals surface area contributed by atoms with Crippen LogP contribution < -0.4 is 10.6 Å². The lowest BCUT2D eigenvalue weighted by Gasteiger charge is -2.12. The largest absolute Gasteiger partial charge is 0.382 e. The second kappa shape index (κ2) is 11.9. The third-order valence-corrected chi connectivity index (χ3v) is 5.51. The fourth-order valence-electron chi connectivity index (χ4n) is 2.17. The van der Waals surface area contributed by atoms with E-state index >= 15 is 0 Å². The summed E-state index contributed by atoms with van der Waals surface area (Å²) in [6, 6.07) is 6.83. The summed E-state index contributed by atoms with van der Waals surface area (Å²) in [5, 5.41) is 6.51. The van der Waals surface area contributed by atoms with E-state index in [1.165, 1.54) is 18.4 Å². The van der Waals surface area contributed by atoms with Crippen molar-refractivity contribution in [1.29, 1.82) is 0 Å². The Kier molecular flexibility index (Phi) is 10.2. The highest BCUT2D eigenvalue weighted by Crippen LogP contribution is 2.14. The minimum Gasteiger partial charge on any atom is -0.382 e. The summed E-state index contributed by atoms with van der Waals surface area (Å²) in [6.07, 6.45) is 2.03. The van der Waals surface area contributed by atoms with E-state index in [0.29, 0.717) is 6.54 Å². The van der Waals surface area contributed by atoms with Crippen LogP contribution in [0.15, 0.2) is 34.2 Å². The number of aliphatic imine (C=N–C) groups is 1. The van der Waals surface area contributed by atoms with Gasteiger partial charge in [-0.2, -0.15) is 0 Å². The first-order chi connectivity index (χ1) is 12.4. The first-order valence-electron chi connectivity index (χ1n) is 9.03. The van der Waals surface area contributed by atoms with Crippen molar-refractivity contribution >= 4 is 16.0 Å². The van der Waals surface area contributed by atoms with Crippen molar-refractivity contribution in [2.24, 2.45) is 4.99 Å². The second-order valence-corrected chi connectivity index (χ2v) is 8.11. The number of hydrogen-bond donors (Lipinski definition) is 2. The molecule has 0 unspecified atom stereocenters. The minimum absolute atomic E-state index is 0.287. The highest BCUT2D eigenvalue weighted by atomic mass is 32.2. The van der Waals surface area contributed by atoms with E-state index in [9.17, 15) is 8.42 Å². The quantitative estimate of drug-likeness (QED) is 0.345. The number of guanidine groups is 1. The zero-order chi connectivity index (χ0) is 19.4. The number of rotatable bonds is 11. The Hall–Kier alpha value is -1.64. The lowest BCUT2D eigenvalue weighted by atomic mass is 10.2. The molecule has 0 amide bonds. The van der Waals surface area contributed by atoms with E-state index in [-0.39, 0.29) is 4.90 Å². The van der Waals surface area contributed by atoms with Crippen LogP contribution in [0, 0.1) is 0 Å². The number of hydrogen-bond acceptors (Lipinski definition) is 4. The molecular formula is C18H32N4O3S. The van der Waals surface area contributed by atoms with E-state index in [1.54, 1.807) is 24.3 Å². The topological polar surface area (TPSA) is 83.0 Å². The molecule has 148 valence electrons. The third-order valence-electron chi connectivity index (χ3n) is 3.68. The highest BCUT2D eigenvalue weighted by Gasteiger charge is 2.16. The van der Waals surface area contributed by atoms with Crippen molar-refractivity contribution in [3.05, 3.63) is 29.8 Å². The van der Waals surface area contributed by atoms with Crippen LogP contribution in [0.4, 0.5) is 0 Å². The molecule has 7 nitrogen and oxygen atoms in total. The smallest absolute Gasteiger partial charge is 0.242 e. The summed E-state index contributed by atoms with van der Waals surface area (Å²) in [7, 11) is -0.345. The molecule has 0 atom stereocenters. The Morgan fingerprint density at radius 1 is 1.12 bits per heavy atom. The van der Waals surface area contributed by atoms with Gasteiger partial charge >= 0.3 is 0 Å². The van der Waals surface area contributed by atoms with Crippen LogP contribution in [0.25, 0.3) is 0 Å². The average Bonchev–Trinajstić information content (AvgIpc) is 2.62. The Balaban J connectivity index is 2.58. The molecule has 0 spiro atoms. The van der Waals surface area contributed by atoms with Crippen molar-refractivity contribution in [2.75, 3.05) is 40.4 Å². The van der Waals surface area contributed by atoms with Crippen LogP contribution in [0.2, 0.25) is 0 Å². The van der Waals surface area contributed by atoms with Crippen molar-refractivity contribution < 1.29 is 13.2 Å². The van der Waals surface area contributed by atoms with E-state index in [0.717, 1.165) is 50.7 Å². The number of unbranched alkanes of at least 4 members (excludes halogenated alkanes) is 1. The molecule has 0 aliphatic carbocycles. The molecule has 0 saturated carbocycles. The van der Waals surface area contributed by atoms with Gasteiger partial charge in [0.05, 0.1) is 11.4 Å². The molecule has 26 heavy (non-hydrogen) atoms. The Labute approximate surface area is 157 Å². The summed E-state index contributed by atoms with van der Waals surface area (Å²) < 4.78 is 30.7. The zero-order valence-electron chi connectivity index (χ0n) is 16.3. The molecule has 1 aromatic carbocycles. The molecule has 8 heteroatoms. The minimum atomic E-state index is -3.39. The van der Waals surface area contributed by atoms with Crippen molar-refractivity contribution in [1.82, 2.24) is 14.9 Å². The molecule has 1 rings (SSSR count). The van der Waals surface area contributed by atoms with Gasteiger partial charge in [0.2, 0.25) is 10.0 Å². The Bertz CT molecular complexity index is 643. The van der Waals surface area contributed by atoms with E-state index < -0.39 is 10.0 Å². The van der Waals surface area contributed by atoms with Crippen molar-refractivity contribution in [3.8, 4) is 0 Å². The molecule has 0 bridgehead atoms. The van der Waals surface area contributed by atoms with Crippen LogP contribution in [-0.2, 0) is 21.3 Å². The fourth-order valence-corrected chi connectivity index (χ4v) is 3.07. The molecule has 0 radical (unpaired) electrons. The average molecular weight is 385 g/mol. The molecule has 0 fully saturated rings. The molecule has 2 N–H and O–H groups in total. The van der Waals surface area contributed by atoms with Gasteiger partial charge in [0.1, 0.15) is 0 Å². The fraction of sp³-hybridized carbons (Fsp3) is 0.611. The van der Waals surface area contributed by atoms with Crippen LogP contribution in [0.1, 0.15) is 32.3 Å². The van der Waals surface area contributed by atoms with Gasteiger partial charge in [-0.15, -0.1) is 0 Å². The number of nitrogens with one attached hydrogen (secondary N) is 2. The monoisotopic (exact) mass is 384 g/mol. The summed E-state index contributed by atoms with van der Waals surface area (Å²) in [5.74, 6) is 0.758. The van der Waals surface area contributed by atoms with Crippen molar-refractivity contribution in [2.45, 2.75) is 38.1 Å². The third kappa shape index (κ3) is 7.72. The van der Waals surface area contributed by atoms with Gasteiger partial charge in [0, 0.05) is 40.4 Å². The summed E-state index contributed by atoms with van der Waals surface area (Å²) in [6.45, 7) is 7.66. The zero-order valence-corrected chi connectivity index (χ0v) is 17.1. The predicted molar refractivity (Wildman–Crippen MR) is 106 cm³/mol. The first-order valence-corrected chi connectivity index (χ1v) is 10.5. The molecule has 1 aromatic rings. The van der Waals surface area contributed by atoms with E-state index in [2.05, 4.69) is 15.6 Å². The molecule has 0 aliphatic heterocycles. The van der Waals surface area contributed by atoms with Gasteiger partial charge in [-0.1, -0.05) is 12.1 Å². The van der Waals surface area contributed by atoms with Crippen LogP contribution in [0.5, 0.6) is 0 Å². The summed E-state index contributed by atoms with van der Waals surface area (Å²) in [4.78, 5) is 4.83. The highest BCUT2D eigenvalue weighted by molar-refractivity contribution is 7.89. The molecular weight excluding hydrogens is 352 g/mol. The summed E-state index contributed by atoms with van der Waals surface area (Å²) >= 11 is 0. The number of nitrogens with zero attached hydrogens (tertiary/aromatic N) is 2. The maximum absolute atomic E-state index is 12.1.